The fourth-order valence-electron chi connectivity index (χ4n) is 1.99. The zero-order valence-electron chi connectivity index (χ0n) is 13.0. The summed E-state index contributed by atoms with van der Waals surface area (Å²) >= 11 is 0. The zero-order valence-corrected chi connectivity index (χ0v) is 13.8. The highest BCUT2D eigenvalue weighted by Gasteiger charge is 2.19. The van der Waals surface area contributed by atoms with Crippen LogP contribution in [0.4, 0.5) is 0 Å². The quantitative estimate of drug-likeness (QED) is 0.827. The molecular formula is C15H19N3O4S. The second kappa shape index (κ2) is 6.91. The van der Waals surface area contributed by atoms with Crippen molar-refractivity contribution < 1.29 is 18.0 Å². The van der Waals surface area contributed by atoms with Gasteiger partial charge >= 0.3 is 0 Å². The molecule has 2 rings (SSSR count). The zero-order chi connectivity index (χ0) is 17.0. The molecule has 7 nitrogen and oxygen atoms in total. The Balaban J connectivity index is 1.97. The van der Waals surface area contributed by atoms with Crippen molar-refractivity contribution in [3.8, 4) is 0 Å². The van der Waals surface area contributed by atoms with Gasteiger partial charge in [0.2, 0.25) is 5.91 Å². The molecule has 8 heteroatoms. The first-order valence-corrected chi connectivity index (χ1v) is 8.82. The maximum absolute atomic E-state index is 12.0. The molecule has 1 aliphatic rings. The Hall–Kier alpha value is -2.22. The van der Waals surface area contributed by atoms with Crippen LogP contribution in [-0.2, 0) is 26.0 Å². The van der Waals surface area contributed by atoms with Gasteiger partial charge in [-0.25, -0.2) is 13.8 Å². The summed E-state index contributed by atoms with van der Waals surface area (Å²) in [5, 5.41) is 5.93. The van der Waals surface area contributed by atoms with E-state index in [0.717, 1.165) is 5.56 Å². The lowest BCUT2D eigenvalue weighted by Crippen LogP contribution is -2.36. The van der Waals surface area contributed by atoms with E-state index in [0.29, 0.717) is 6.42 Å². The largest absolute Gasteiger partial charge is 0.347 e. The van der Waals surface area contributed by atoms with E-state index in [-0.39, 0.29) is 35.4 Å². The molecule has 0 saturated carbocycles. The molecule has 0 aromatic heterocycles. The minimum Gasteiger partial charge on any atom is -0.347 e. The number of hydrogen-bond acceptors (Lipinski definition) is 5. The van der Waals surface area contributed by atoms with Gasteiger partial charge in [-0.2, -0.15) is 5.10 Å². The highest BCUT2D eigenvalue weighted by molar-refractivity contribution is 7.92. The van der Waals surface area contributed by atoms with Gasteiger partial charge in [-0.05, 0) is 31.5 Å². The molecule has 0 aliphatic carbocycles. The van der Waals surface area contributed by atoms with Gasteiger partial charge in [-0.1, -0.05) is 12.1 Å². The summed E-state index contributed by atoms with van der Waals surface area (Å²) in [5.41, 5.74) is 3.33. The van der Waals surface area contributed by atoms with Crippen molar-refractivity contribution in [2.24, 2.45) is 5.10 Å². The molecule has 0 atom stereocenters. The Morgan fingerprint density at radius 2 is 1.91 bits per heavy atom. The lowest BCUT2D eigenvalue weighted by atomic mass is 10.1. The van der Waals surface area contributed by atoms with Crippen molar-refractivity contribution >= 4 is 27.4 Å². The highest BCUT2D eigenvalue weighted by Crippen LogP contribution is 2.16. The molecule has 1 aromatic carbocycles. The molecular weight excluding hydrogens is 318 g/mol. The Labute approximate surface area is 135 Å². The van der Waals surface area contributed by atoms with Gasteiger partial charge in [0.15, 0.2) is 9.84 Å². The van der Waals surface area contributed by atoms with Crippen LogP contribution in [0.5, 0.6) is 0 Å². The van der Waals surface area contributed by atoms with E-state index in [9.17, 15) is 18.0 Å². The van der Waals surface area contributed by atoms with Crippen LogP contribution in [0.1, 0.15) is 32.3 Å². The minimum absolute atomic E-state index is 0.205. The van der Waals surface area contributed by atoms with Crippen LogP contribution in [0, 0.1) is 0 Å². The number of carbonyl (C=O) groups is 2. The number of carbonyl (C=O) groups excluding carboxylic acids is 2. The average Bonchev–Trinajstić information content (AvgIpc) is 2.53. The normalized spacial score (nSPS) is 15.1. The molecule has 0 saturated heterocycles. The molecule has 0 radical (unpaired) electrons. The fourth-order valence-corrected chi connectivity index (χ4v) is 3.05. The summed E-state index contributed by atoms with van der Waals surface area (Å²) in [6.07, 6.45) is 0.553. The predicted octanol–water partition coefficient (Wildman–Crippen LogP) is 0.751. The first kappa shape index (κ1) is 17.1. The Morgan fingerprint density at radius 3 is 2.43 bits per heavy atom. The highest BCUT2D eigenvalue weighted by atomic mass is 32.2. The Kier molecular flexibility index (Phi) is 5.15. The fraction of sp³-hybridized carbons (Fsp3) is 0.400. The third-order valence-corrected chi connectivity index (χ3v) is 5.66. The summed E-state index contributed by atoms with van der Waals surface area (Å²) in [5.74, 6) is -0.549. The second-order valence-electron chi connectivity index (χ2n) is 5.51. The Morgan fingerprint density at radius 1 is 1.26 bits per heavy atom. The molecule has 0 fully saturated rings. The van der Waals surface area contributed by atoms with E-state index in [1.165, 1.54) is 12.1 Å². The van der Waals surface area contributed by atoms with Crippen molar-refractivity contribution in [3.63, 3.8) is 0 Å². The molecule has 124 valence electrons. The van der Waals surface area contributed by atoms with E-state index >= 15 is 0 Å². The van der Waals surface area contributed by atoms with Gasteiger partial charge < -0.3 is 5.32 Å². The molecule has 1 aromatic rings. The second-order valence-corrected chi connectivity index (χ2v) is 8.02. The van der Waals surface area contributed by atoms with E-state index in [2.05, 4.69) is 15.8 Å². The van der Waals surface area contributed by atoms with Crippen LogP contribution in [-0.4, -0.2) is 31.2 Å². The molecule has 2 N–H and O–H groups in total. The molecule has 23 heavy (non-hydrogen) atoms. The van der Waals surface area contributed by atoms with Crippen molar-refractivity contribution in [2.45, 2.75) is 43.4 Å². The SMILES string of the molecule is CC(C)S(=O)(=O)c1ccc(CNC(=O)C2=NNC(=O)CC2)cc1. The van der Waals surface area contributed by atoms with Gasteiger partial charge in [0.05, 0.1) is 10.1 Å². The first-order valence-electron chi connectivity index (χ1n) is 7.27. The maximum atomic E-state index is 12.0. The van der Waals surface area contributed by atoms with E-state index in [1.807, 2.05) is 0 Å². The molecule has 0 spiro atoms. The monoisotopic (exact) mass is 337 g/mol. The lowest BCUT2D eigenvalue weighted by molar-refractivity contribution is -0.121. The van der Waals surface area contributed by atoms with Crippen LogP contribution in [0.25, 0.3) is 0 Å². The molecule has 0 bridgehead atoms. The van der Waals surface area contributed by atoms with Crippen LogP contribution in [0.2, 0.25) is 0 Å². The molecule has 1 heterocycles. The number of nitrogens with zero attached hydrogens (tertiary/aromatic N) is 1. The van der Waals surface area contributed by atoms with Gasteiger partial charge in [-0.15, -0.1) is 0 Å². The number of hydrazone groups is 1. The number of nitrogens with one attached hydrogen (secondary N) is 2. The predicted molar refractivity (Wildman–Crippen MR) is 85.4 cm³/mol. The van der Waals surface area contributed by atoms with E-state index in [1.54, 1.807) is 26.0 Å². The van der Waals surface area contributed by atoms with Crippen molar-refractivity contribution in [3.05, 3.63) is 29.8 Å². The van der Waals surface area contributed by atoms with Crippen molar-refractivity contribution in [1.29, 1.82) is 0 Å². The van der Waals surface area contributed by atoms with E-state index < -0.39 is 15.1 Å². The number of rotatable bonds is 5. The Bertz CT molecular complexity index is 736. The summed E-state index contributed by atoms with van der Waals surface area (Å²) in [4.78, 5) is 23.1. The third kappa shape index (κ3) is 4.16. The molecule has 0 unspecified atom stereocenters. The number of sulfone groups is 1. The van der Waals surface area contributed by atoms with Gasteiger partial charge in [0, 0.05) is 19.4 Å². The van der Waals surface area contributed by atoms with E-state index in [4.69, 9.17) is 0 Å². The lowest BCUT2D eigenvalue weighted by Gasteiger charge is -2.12. The number of hydrogen-bond donors (Lipinski definition) is 2. The van der Waals surface area contributed by atoms with Gasteiger partial charge in [0.25, 0.3) is 5.91 Å². The van der Waals surface area contributed by atoms with Crippen molar-refractivity contribution in [1.82, 2.24) is 10.7 Å². The smallest absolute Gasteiger partial charge is 0.267 e. The van der Waals surface area contributed by atoms with Crippen LogP contribution < -0.4 is 10.7 Å². The molecule has 1 aliphatic heterocycles. The summed E-state index contributed by atoms with van der Waals surface area (Å²) in [6, 6.07) is 6.41. The van der Waals surface area contributed by atoms with Crippen LogP contribution in [0.3, 0.4) is 0 Å². The van der Waals surface area contributed by atoms with Crippen LogP contribution in [0.15, 0.2) is 34.3 Å². The van der Waals surface area contributed by atoms with Crippen LogP contribution >= 0.6 is 0 Å². The van der Waals surface area contributed by atoms with Gasteiger partial charge in [0.1, 0.15) is 5.71 Å². The maximum Gasteiger partial charge on any atom is 0.267 e. The van der Waals surface area contributed by atoms with Gasteiger partial charge in [-0.3, -0.25) is 9.59 Å². The summed E-state index contributed by atoms with van der Waals surface area (Å²) in [7, 11) is -3.29. The molecule has 2 amide bonds. The topological polar surface area (TPSA) is 105 Å². The standard InChI is InChI=1S/C15H19N3O4S/c1-10(2)23(21,22)12-5-3-11(4-6-12)9-16-15(20)13-7-8-14(19)18-17-13/h3-6,10H,7-9H2,1-2H3,(H,16,20)(H,18,19). The number of amides is 2. The first-order chi connectivity index (χ1) is 10.8. The minimum atomic E-state index is -3.29. The third-order valence-electron chi connectivity index (χ3n) is 3.49. The summed E-state index contributed by atoms with van der Waals surface area (Å²) in [6.45, 7) is 3.52. The summed E-state index contributed by atoms with van der Waals surface area (Å²) < 4.78 is 24.0. The van der Waals surface area contributed by atoms with Crippen molar-refractivity contribution in [2.75, 3.05) is 0 Å². The average molecular weight is 337 g/mol. The number of benzene rings is 1.